The Kier molecular flexibility index (Phi) is 2.52. The lowest BCUT2D eigenvalue weighted by atomic mass is 9.92. The van der Waals surface area contributed by atoms with Crippen molar-refractivity contribution in [3.63, 3.8) is 0 Å². The Morgan fingerprint density at radius 2 is 1.82 bits per heavy atom. The molecule has 2 N–H and O–H groups in total. The molecular formula is C8H17NO2. The van der Waals surface area contributed by atoms with E-state index in [-0.39, 0.29) is 13.2 Å². The predicted molar refractivity (Wildman–Crippen MR) is 43.3 cm³/mol. The molecule has 0 atom stereocenters. The van der Waals surface area contributed by atoms with E-state index in [1.165, 1.54) is 0 Å². The Hall–Kier alpha value is -0.120. The summed E-state index contributed by atoms with van der Waals surface area (Å²) < 4.78 is 0. The van der Waals surface area contributed by atoms with Gasteiger partial charge in [-0.15, -0.1) is 0 Å². The van der Waals surface area contributed by atoms with Gasteiger partial charge in [-0.1, -0.05) is 6.92 Å². The van der Waals surface area contributed by atoms with Crippen molar-refractivity contribution in [1.82, 2.24) is 4.90 Å². The van der Waals surface area contributed by atoms with E-state index in [2.05, 4.69) is 11.8 Å². The minimum absolute atomic E-state index is 0.0379. The van der Waals surface area contributed by atoms with Crippen molar-refractivity contribution in [2.24, 2.45) is 5.92 Å². The third kappa shape index (κ3) is 1.55. The predicted octanol–water partition coefficient (Wildman–Crippen LogP) is -0.319. The average Bonchev–Trinajstić information content (AvgIpc) is 1.98. The normalized spacial score (nSPS) is 21.8. The summed E-state index contributed by atoms with van der Waals surface area (Å²) in [5.74, 6) is 0.715. The van der Waals surface area contributed by atoms with Crippen molar-refractivity contribution in [1.29, 1.82) is 0 Å². The summed E-state index contributed by atoms with van der Waals surface area (Å²) in [7, 11) is 0. The van der Waals surface area contributed by atoms with Crippen LogP contribution in [-0.4, -0.2) is 47.0 Å². The highest BCUT2D eigenvalue weighted by atomic mass is 16.3. The Labute approximate surface area is 67.6 Å². The van der Waals surface area contributed by atoms with Gasteiger partial charge in [0.1, 0.15) is 0 Å². The lowest BCUT2D eigenvalue weighted by Gasteiger charge is -2.48. The molecule has 1 aliphatic heterocycles. The quantitative estimate of drug-likeness (QED) is 0.593. The van der Waals surface area contributed by atoms with Gasteiger partial charge in [0.15, 0.2) is 0 Å². The first-order valence-corrected chi connectivity index (χ1v) is 4.09. The van der Waals surface area contributed by atoms with E-state index in [1.54, 1.807) is 0 Å². The van der Waals surface area contributed by atoms with E-state index in [1.807, 2.05) is 6.92 Å². The molecule has 0 aromatic heterocycles. The first kappa shape index (κ1) is 8.97. The molecule has 1 heterocycles. The van der Waals surface area contributed by atoms with Crippen LogP contribution in [0.25, 0.3) is 0 Å². The fraction of sp³-hybridized carbons (Fsp3) is 1.00. The van der Waals surface area contributed by atoms with E-state index in [4.69, 9.17) is 10.2 Å². The second-order valence-corrected chi connectivity index (χ2v) is 3.82. The zero-order chi connectivity index (χ0) is 8.48. The number of likely N-dealkylation sites (tertiary alicyclic amines) is 1. The Morgan fingerprint density at radius 1 is 1.36 bits per heavy atom. The first-order chi connectivity index (χ1) is 5.12. The largest absolute Gasteiger partial charge is 0.394 e. The Bertz CT molecular complexity index is 128. The molecule has 0 aromatic carbocycles. The highest BCUT2D eigenvalue weighted by Gasteiger charge is 2.37. The van der Waals surface area contributed by atoms with Gasteiger partial charge in [-0.2, -0.15) is 0 Å². The number of nitrogens with zero attached hydrogens (tertiary/aromatic N) is 1. The van der Waals surface area contributed by atoms with Crippen LogP contribution in [0.3, 0.4) is 0 Å². The van der Waals surface area contributed by atoms with Crippen LogP contribution in [0.4, 0.5) is 0 Å². The molecule has 1 rings (SSSR count). The van der Waals surface area contributed by atoms with Gasteiger partial charge in [-0.05, 0) is 12.8 Å². The maximum absolute atomic E-state index is 9.01. The smallest absolute Gasteiger partial charge is 0.0644 e. The summed E-state index contributed by atoms with van der Waals surface area (Å²) in [6.07, 6.45) is 0. The number of aliphatic hydroxyl groups is 2. The molecule has 11 heavy (non-hydrogen) atoms. The molecule has 3 heteroatoms. The molecule has 3 nitrogen and oxygen atoms in total. The summed E-state index contributed by atoms with van der Waals surface area (Å²) in [6.45, 7) is 6.13. The highest BCUT2D eigenvalue weighted by molar-refractivity contribution is 4.92. The van der Waals surface area contributed by atoms with Crippen LogP contribution < -0.4 is 0 Å². The number of hydrogen-bond donors (Lipinski definition) is 2. The van der Waals surface area contributed by atoms with E-state index in [0.717, 1.165) is 13.1 Å². The molecule has 66 valence electrons. The van der Waals surface area contributed by atoms with Crippen LogP contribution in [0.15, 0.2) is 0 Å². The van der Waals surface area contributed by atoms with Crippen LogP contribution in [0, 0.1) is 5.92 Å². The molecule has 0 aliphatic carbocycles. The Morgan fingerprint density at radius 3 is 2.09 bits per heavy atom. The van der Waals surface area contributed by atoms with Crippen LogP contribution in [-0.2, 0) is 0 Å². The molecule has 1 fully saturated rings. The van der Waals surface area contributed by atoms with E-state index in [9.17, 15) is 0 Å². The number of hydrogen-bond acceptors (Lipinski definition) is 3. The zero-order valence-electron chi connectivity index (χ0n) is 7.25. The monoisotopic (exact) mass is 159 g/mol. The average molecular weight is 159 g/mol. The summed E-state index contributed by atoms with van der Waals surface area (Å²) in [5, 5.41) is 18.0. The third-order valence-corrected chi connectivity index (χ3v) is 2.51. The fourth-order valence-electron chi connectivity index (χ4n) is 1.39. The van der Waals surface area contributed by atoms with Crippen LogP contribution >= 0.6 is 0 Å². The van der Waals surface area contributed by atoms with Gasteiger partial charge in [-0.25, -0.2) is 0 Å². The van der Waals surface area contributed by atoms with E-state index >= 15 is 0 Å². The summed E-state index contributed by atoms with van der Waals surface area (Å²) in [5.41, 5.74) is -0.396. The van der Waals surface area contributed by atoms with E-state index < -0.39 is 5.54 Å². The first-order valence-electron chi connectivity index (χ1n) is 4.09. The van der Waals surface area contributed by atoms with Gasteiger partial charge in [0.2, 0.25) is 0 Å². The van der Waals surface area contributed by atoms with E-state index in [0.29, 0.717) is 5.92 Å². The summed E-state index contributed by atoms with van der Waals surface area (Å²) in [6, 6.07) is 0. The van der Waals surface area contributed by atoms with Gasteiger partial charge >= 0.3 is 0 Å². The van der Waals surface area contributed by atoms with Crippen molar-refractivity contribution >= 4 is 0 Å². The molecule has 0 bridgehead atoms. The topological polar surface area (TPSA) is 43.7 Å². The van der Waals surface area contributed by atoms with Crippen molar-refractivity contribution in [3.05, 3.63) is 0 Å². The molecule has 1 saturated heterocycles. The molecule has 0 saturated carbocycles. The minimum atomic E-state index is -0.396. The molecule has 0 unspecified atom stereocenters. The van der Waals surface area contributed by atoms with Crippen molar-refractivity contribution < 1.29 is 10.2 Å². The molecule has 1 aliphatic rings. The minimum Gasteiger partial charge on any atom is -0.394 e. The van der Waals surface area contributed by atoms with Crippen molar-refractivity contribution in [2.45, 2.75) is 19.4 Å². The second-order valence-electron chi connectivity index (χ2n) is 3.82. The molecule has 0 amide bonds. The summed E-state index contributed by atoms with van der Waals surface area (Å²) >= 11 is 0. The van der Waals surface area contributed by atoms with Gasteiger partial charge in [0.25, 0.3) is 0 Å². The molecule has 0 spiro atoms. The fourth-order valence-corrected chi connectivity index (χ4v) is 1.39. The van der Waals surface area contributed by atoms with Crippen molar-refractivity contribution in [2.75, 3.05) is 26.3 Å². The van der Waals surface area contributed by atoms with Gasteiger partial charge < -0.3 is 10.2 Å². The van der Waals surface area contributed by atoms with Gasteiger partial charge in [-0.3, -0.25) is 4.90 Å². The van der Waals surface area contributed by atoms with Crippen LogP contribution in [0.2, 0.25) is 0 Å². The molecule has 0 aromatic rings. The molecular weight excluding hydrogens is 142 g/mol. The van der Waals surface area contributed by atoms with Crippen LogP contribution in [0.5, 0.6) is 0 Å². The standard InChI is InChI=1S/C8H17NO2/c1-7-3-9(4-7)8(2,5-10)6-11/h7,10-11H,3-6H2,1-2H3. The number of aliphatic hydroxyl groups excluding tert-OH is 2. The lowest BCUT2D eigenvalue weighted by Crippen LogP contribution is -2.61. The zero-order valence-corrected chi connectivity index (χ0v) is 7.25. The SMILES string of the molecule is CC1CN(C(C)(CO)CO)C1. The second kappa shape index (κ2) is 3.09. The third-order valence-electron chi connectivity index (χ3n) is 2.51. The van der Waals surface area contributed by atoms with Crippen molar-refractivity contribution in [3.8, 4) is 0 Å². The highest BCUT2D eigenvalue weighted by Crippen LogP contribution is 2.24. The number of rotatable bonds is 3. The molecule has 0 radical (unpaired) electrons. The summed E-state index contributed by atoms with van der Waals surface area (Å²) in [4.78, 5) is 2.12. The lowest BCUT2D eigenvalue weighted by molar-refractivity contribution is -0.0589. The van der Waals surface area contributed by atoms with Gasteiger partial charge in [0, 0.05) is 13.1 Å². The Balaban J connectivity index is 2.43. The van der Waals surface area contributed by atoms with Crippen LogP contribution in [0.1, 0.15) is 13.8 Å². The maximum atomic E-state index is 9.01. The maximum Gasteiger partial charge on any atom is 0.0644 e. The van der Waals surface area contributed by atoms with Gasteiger partial charge in [0.05, 0.1) is 18.8 Å².